The molecule has 16 heavy (non-hydrogen) atoms. The lowest BCUT2D eigenvalue weighted by Crippen LogP contribution is -2.55. The van der Waals surface area contributed by atoms with E-state index in [1.54, 1.807) is 23.2 Å². The summed E-state index contributed by atoms with van der Waals surface area (Å²) in [6.07, 6.45) is -0.656. The van der Waals surface area contributed by atoms with Crippen LogP contribution in [-0.2, 0) is 0 Å². The molecule has 0 unspecified atom stereocenters. The SMILES string of the molecule is FC(F)CN1CC(Oc2ccc(Br)nc2)C1. The third kappa shape index (κ3) is 3.12. The van der Waals surface area contributed by atoms with Gasteiger partial charge in [0.05, 0.1) is 12.7 Å². The van der Waals surface area contributed by atoms with E-state index in [2.05, 4.69) is 20.9 Å². The zero-order chi connectivity index (χ0) is 11.5. The number of nitrogens with zero attached hydrogens (tertiary/aromatic N) is 2. The summed E-state index contributed by atoms with van der Waals surface area (Å²) in [5.74, 6) is 0.671. The fourth-order valence-electron chi connectivity index (χ4n) is 1.57. The average molecular weight is 293 g/mol. The van der Waals surface area contributed by atoms with Crippen molar-refractivity contribution in [2.45, 2.75) is 12.5 Å². The lowest BCUT2D eigenvalue weighted by molar-refractivity contribution is -0.0166. The maximum Gasteiger partial charge on any atom is 0.251 e. The first kappa shape index (κ1) is 11.7. The van der Waals surface area contributed by atoms with Crippen LogP contribution in [0.2, 0.25) is 0 Å². The Kier molecular flexibility index (Phi) is 3.70. The van der Waals surface area contributed by atoms with Gasteiger partial charge in [-0.2, -0.15) is 0 Å². The number of hydrogen-bond acceptors (Lipinski definition) is 3. The zero-order valence-electron chi connectivity index (χ0n) is 8.44. The van der Waals surface area contributed by atoms with Gasteiger partial charge in [0.25, 0.3) is 6.43 Å². The van der Waals surface area contributed by atoms with Crippen LogP contribution in [0.3, 0.4) is 0 Å². The van der Waals surface area contributed by atoms with Gasteiger partial charge in [-0.1, -0.05) is 0 Å². The number of ether oxygens (including phenoxy) is 1. The van der Waals surface area contributed by atoms with E-state index in [9.17, 15) is 8.78 Å². The fourth-order valence-corrected chi connectivity index (χ4v) is 1.80. The third-order valence-electron chi connectivity index (χ3n) is 2.32. The molecule has 0 radical (unpaired) electrons. The van der Waals surface area contributed by atoms with E-state index in [-0.39, 0.29) is 12.6 Å². The Hall–Kier alpha value is -0.750. The Morgan fingerprint density at radius 1 is 1.50 bits per heavy atom. The van der Waals surface area contributed by atoms with Crippen LogP contribution in [-0.4, -0.2) is 42.0 Å². The zero-order valence-corrected chi connectivity index (χ0v) is 10.0. The lowest BCUT2D eigenvalue weighted by atomic mass is 10.1. The van der Waals surface area contributed by atoms with E-state index in [1.165, 1.54) is 0 Å². The Morgan fingerprint density at radius 3 is 2.81 bits per heavy atom. The van der Waals surface area contributed by atoms with Gasteiger partial charge in [-0.05, 0) is 28.1 Å². The molecular weight excluding hydrogens is 282 g/mol. The molecule has 3 nitrogen and oxygen atoms in total. The van der Waals surface area contributed by atoms with Gasteiger partial charge >= 0.3 is 0 Å². The van der Waals surface area contributed by atoms with E-state index < -0.39 is 6.43 Å². The summed E-state index contributed by atoms with van der Waals surface area (Å²) in [6, 6.07) is 3.58. The van der Waals surface area contributed by atoms with E-state index in [1.807, 2.05) is 0 Å². The van der Waals surface area contributed by atoms with Gasteiger partial charge in [-0.25, -0.2) is 13.8 Å². The van der Waals surface area contributed by atoms with Gasteiger partial charge in [0.2, 0.25) is 0 Å². The van der Waals surface area contributed by atoms with Crippen molar-refractivity contribution in [1.29, 1.82) is 0 Å². The summed E-state index contributed by atoms with van der Waals surface area (Å²) in [6.45, 7) is 0.944. The first-order valence-electron chi connectivity index (χ1n) is 4.92. The highest BCUT2D eigenvalue weighted by atomic mass is 79.9. The lowest BCUT2D eigenvalue weighted by Gasteiger charge is -2.38. The molecule has 0 atom stereocenters. The predicted octanol–water partition coefficient (Wildman–Crippen LogP) is 2.17. The van der Waals surface area contributed by atoms with Gasteiger partial charge in [0.1, 0.15) is 16.5 Å². The molecule has 1 aromatic heterocycles. The highest BCUT2D eigenvalue weighted by molar-refractivity contribution is 9.10. The van der Waals surface area contributed by atoms with Crippen LogP contribution in [0.25, 0.3) is 0 Å². The number of likely N-dealkylation sites (tertiary alicyclic amines) is 1. The Labute approximate surface area is 101 Å². The summed E-state index contributed by atoms with van der Waals surface area (Å²) in [7, 11) is 0. The summed E-state index contributed by atoms with van der Waals surface area (Å²) >= 11 is 3.22. The Bertz CT molecular complexity index is 341. The predicted molar refractivity (Wildman–Crippen MR) is 58.8 cm³/mol. The molecule has 6 heteroatoms. The Balaban J connectivity index is 1.75. The van der Waals surface area contributed by atoms with Crippen molar-refractivity contribution in [2.24, 2.45) is 0 Å². The number of pyridine rings is 1. The maximum absolute atomic E-state index is 12.0. The number of rotatable bonds is 4. The molecular formula is C10H11BrF2N2O. The molecule has 1 aliphatic rings. The number of aromatic nitrogens is 1. The summed E-state index contributed by atoms with van der Waals surface area (Å²) < 4.78 is 30.3. The minimum Gasteiger partial charge on any atom is -0.486 e. The number of hydrogen-bond donors (Lipinski definition) is 0. The van der Waals surface area contributed by atoms with Crippen molar-refractivity contribution in [3.63, 3.8) is 0 Å². The van der Waals surface area contributed by atoms with Crippen molar-refractivity contribution in [1.82, 2.24) is 9.88 Å². The van der Waals surface area contributed by atoms with E-state index in [0.717, 1.165) is 4.60 Å². The maximum atomic E-state index is 12.0. The molecule has 1 aromatic rings. The van der Waals surface area contributed by atoms with E-state index >= 15 is 0 Å². The van der Waals surface area contributed by atoms with E-state index in [4.69, 9.17) is 4.74 Å². The molecule has 0 spiro atoms. The van der Waals surface area contributed by atoms with Crippen LogP contribution < -0.4 is 4.74 Å². The van der Waals surface area contributed by atoms with Gasteiger partial charge < -0.3 is 4.74 Å². The molecule has 0 aromatic carbocycles. The van der Waals surface area contributed by atoms with Gasteiger partial charge in [-0.3, -0.25) is 4.90 Å². The summed E-state index contributed by atoms with van der Waals surface area (Å²) in [4.78, 5) is 5.68. The van der Waals surface area contributed by atoms with Crippen LogP contribution in [0.15, 0.2) is 22.9 Å². The summed E-state index contributed by atoms with van der Waals surface area (Å²) in [5.41, 5.74) is 0. The standard InChI is InChI=1S/C10H11BrF2N2O/c11-9-2-1-7(3-14-9)16-8-4-15(5-8)6-10(12)13/h1-3,8,10H,4-6H2. The van der Waals surface area contributed by atoms with E-state index in [0.29, 0.717) is 18.8 Å². The minimum absolute atomic E-state index is 0.00160. The molecule has 1 saturated heterocycles. The topological polar surface area (TPSA) is 25.4 Å². The molecule has 0 N–H and O–H groups in total. The highest BCUT2D eigenvalue weighted by Gasteiger charge is 2.30. The van der Waals surface area contributed by atoms with Gasteiger partial charge in [-0.15, -0.1) is 0 Å². The summed E-state index contributed by atoms with van der Waals surface area (Å²) in [5, 5.41) is 0. The third-order valence-corrected chi connectivity index (χ3v) is 2.79. The second kappa shape index (κ2) is 5.05. The minimum atomic E-state index is -2.27. The van der Waals surface area contributed by atoms with Crippen LogP contribution in [0.1, 0.15) is 0 Å². The number of halogens is 3. The average Bonchev–Trinajstić information content (AvgIpc) is 2.17. The molecule has 0 bridgehead atoms. The van der Waals surface area contributed by atoms with Crippen LogP contribution in [0.4, 0.5) is 8.78 Å². The van der Waals surface area contributed by atoms with Crippen LogP contribution >= 0.6 is 15.9 Å². The number of alkyl halides is 2. The van der Waals surface area contributed by atoms with Crippen LogP contribution in [0, 0.1) is 0 Å². The second-order valence-electron chi connectivity index (χ2n) is 3.67. The molecule has 2 rings (SSSR count). The van der Waals surface area contributed by atoms with Crippen molar-refractivity contribution in [3.05, 3.63) is 22.9 Å². The Morgan fingerprint density at radius 2 is 2.25 bits per heavy atom. The quantitative estimate of drug-likeness (QED) is 0.796. The largest absolute Gasteiger partial charge is 0.486 e. The molecule has 1 aliphatic heterocycles. The fraction of sp³-hybridized carbons (Fsp3) is 0.500. The molecule has 0 amide bonds. The van der Waals surface area contributed by atoms with Crippen molar-refractivity contribution in [3.8, 4) is 5.75 Å². The molecule has 1 fully saturated rings. The highest BCUT2D eigenvalue weighted by Crippen LogP contribution is 2.19. The molecule has 2 heterocycles. The van der Waals surface area contributed by atoms with Crippen LogP contribution in [0.5, 0.6) is 5.75 Å². The molecule has 88 valence electrons. The second-order valence-corrected chi connectivity index (χ2v) is 4.48. The molecule has 0 saturated carbocycles. The first-order valence-corrected chi connectivity index (χ1v) is 5.71. The van der Waals surface area contributed by atoms with Gasteiger partial charge in [0.15, 0.2) is 0 Å². The van der Waals surface area contributed by atoms with Crippen molar-refractivity contribution >= 4 is 15.9 Å². The van der Waals surface area contributed by atoms with Crippen molar-refractivity contribution < 1.29 is 13.5 Å². The first-order chi connectivity index (χ1) is 7.63. The smallest absolute Gasteiger partial charge is 0.251 e. The van der Waals surface area contributed by atoms with Gasteiger partial charge in [0, 0.05) is 13.1 Å². The molecule has 0 aliphatic carbocycles. The van der Waals surface area contributed by atoms with Crippen molar-refractivity contribution in [2.75, 3.05) is 19.6 Å². The normalized spacial score (nSPS) is 17.5. The monoisotopic (exact) mass is 292 g/mol.